The molecule has 6 nitrogen and oxygen atoms in total. The van der Waals surface area contributed by atoms with Gasteiger partial charge in [-0.05, 0) is 75.6 Å². The summed E-state index contributed by atoms with van der Waals surface area (Å²) >= 11 is 0. The van der Waals surface area contributed by atoms with Gasteiger partial charge in [0.05, 0.1) is 7.11 Å². The second-order valence-corrected chi connectivity index (χ2v) is 7.90. The predicted molar refractivity (Wildman–Crippen MR) is 108 cm³/mol. The van der Waals surface area contributed by atoms with Crippen molar-refractivity contribution in [2.75, 3.05) is 20.2 Å². The maximum Gasteiger partial charge on any atom is 0.414 e. The number of benzene rings is 1. The highest BCUT2D eigenvalue weighted by Gasteiger charge is 2.44. The van der Waals surface area contributed by atoms with Crippen molar-refractivity contribution >= 4 is 11.9 Å². The molecule has 1 heterocycles. The first kappa shape index (κ1) is 22.0. The first-order chi connectivity index (χ1) is 13.3. The number of carboxylic acids is 2. The van der Waals surface area contributed by atoms with Gasteiger partial charge in [-0.25, -0.2) is 9.59 Å². The van der Waals surface area contributed by atoms with Gasteiger partial charge in [0.15, 0.2) is 0 Å². The highest BCUT2D eigenvalue weighted by molar-refractivity contribution is 6.27. The van der Waals surface area contributed by atoms with Crippen LogP contribution in [0.5, 0.6) is 5.75 Å². The molecule has 0 spiro atoms. The van der Waals surface area contributed by atoms with Crippen molar-refractivity contribution in [2.24, 2.45) is 0 Å². The van der Waals surface area contributed by atoms with Crippen LogP contribution in [0.25, 0.3) is 0 Å². The van der Waals surface area contributed by atoms with Crippen LogP contribution in [0.2, 0.25) is 0 Å². The van der Waals surface area contributed by atoms with E-state index in [1.807, 2.05) is 0 Å². The molecule has 28 heavy (non-hydrogen) atoms. The molecular weight excluding hydrogens is 358 g/mol. The Balaban J connectivity index is 0.000000409. The van der Waals surface area contributed by atoms with E-state index in [9.17, 15) is 0 Å². The van der Waals surface area contributed by atoms with E-state index in [1.54, 1.807) is 7.11 Å². The van der Waals surface area contributed by atoms with E-state index in [0.717, 1.165) is 18.3 Å². The van der Waals surface area contributed by atoms with Gasteiger partial charge in [-0.2, -0.15) is 0 Å². The molecule has 2 bridgehead atoms. The van der Waals surface area contributed by atoms with Crippen LogP contribution in [0.4, 0.5) is 0 Å². The number of allylic oxidation sites excluding steroid dienone is 1. The fraction of sp³-hybridized carbons (Fsp3) is 0.545. The summed E-state index contributed by atoms with van der Waals surface area (Å²) in [5, 5.41) is 14.8. The summed E-state index contributed by atoms with van der Waals surface area (Å²) in [6, 6.07) is 9.56. The lowest BCUT2D eigenvalue weighted by Crippen LogP contribution is -2.33. The smallest absolute Gasteiger partial charge is 0.414 e. The zero-order valence-corrected chi connectivity index (χ0v) is 17.0. The number of carboxylic acid groups (broad SMARTS) is 2. The Kier molecular flexibility index (Phi) is 7.63. The highest BCUT2D eigenvalue weighted by Crippen LogP contribution is 2.48. The average Bonchev–Trinajstić information content (AvgIpc) is 3.00. The first-order valence-corrected chi connectivity index (χ1v) is 9.75. The summed E-state index contributed by atoms with van der Waals surface area (Å²) in [7, 11) is 1.77. The molecule has 3 rings (SSSR count). The number of carbonyl (C=O) groups is 2. The third-order valence-corrected chi connectivity index (χ3v) is 5.80. The first-order valence-electron chi connectivity index (χ1n) is 9.75. The standard InChI is InChI=1S/C20H29NO.C2H2O4/c1-16(2)9-13-21-12-5-10-20(11-8-18(21)15-20)17-6-4-7-19(14-17)22-3;3-1(4)2(5)6/h4,6-7,9,14,18H,5,8,10-13,15H2,1-3H3;(H,3,4)(H,5,6). The van der Waals surface area contributed by atoms with Gasteiger partial charge in [-0.15, -0.1) is 0 Å². The number of hydrogen-bond donors (Lipinski definition) is 2. The van der Waals surface area contributed by atoms with Crippen molar-refractivity contribution in [2.45, 2.75) is 57.4 Å². The number of fused-ring (bicyclic) bond motifs is 2. The van der Waals surface area contributed by atoms with Gasteiger partial charge >= 0.3 is 11.9 Å². The molecule has 1 saturated carbocycles. The predicted octanol–water partition coefficient (Wildman–Crippen LogP) is 3.70. The minimum atomic E-state index is -1.82. The van der Waals surface area contributed by atoms with Crippen LogP contribution in [0.3, 0.4) is 0 Å². The number of likely N-dealkylation sites (tertiary alicyclic amines) is 1. The minimum Gasteiger partial charge on any atom is -0.497 e. The van der Waals surface area contributed by atoms with Gasteiger partial charge in [0, 0.05) is 12.6 Å². The number of ether oxygens (including phenoxy) is 1. The van der Waals surface area contributed by atoms with Gasteiger partial charge < -0.3 is 14.9 Å². The molecule has 1 aromatic carbocycles. The summed E-state index contributed by atoms with van der Waals surface area (Å²) in [6.45, 7) is 6.78. The molecule has 2 N–H and O–H groups in total. The van der Waals surface area contributed by atoms with E-state index in [2.05, 4.69) is 49.1 Å². The van der Waals surface area contributed by atoms with Crippen LogP contribution in [0.15, 0.2) is 35.9 Å². The quantitative estimate of drug-likeness (QED) is 0.603. The fourth-order valence-electron chi connectivity index (χ4n) is 4.34. The number of aliphatic carboxylic acids is 2. The Bertz CT molecular complexity index is 713. The van der Waals surface area contributed by atoms with E-state index < -0.39 is 11.9 Å². The molecule has 0 aromatic heterocycles. The average molecular weight is 389 g/mol. The van der Waals surface area contributed by atoms with Gasteiger partial charge in [-0.1, -0.05) is 23.8 Å². The van der Waals surface area contributed by atoms with Crippen LogP contribution in [0.1, 0.15) is 51.5 Å². The summed E-state index contributed by atoms with van der Waals surface area (Å²) in [5.74, 6) is -2.65. The van der Waals surface area contributed by atoms with E-state index in [1.165, 1.54) is 49.8 Å². The Morgan fingerprint density at radius 1 is 1.25 bits per heavy atom. The Morgan fingerprint density at radius 2 is 1.96 bits per heavy atom. The Morgan fingerprint density at radius 3 is 2.57 bits per heavy atom. The summed E-state index contributed by atoms with van der Waals surface area (Å²) in [5.41, 5.74) is 3.32. The molecule has 2 unspecified atom stereocenters. The third-order valence-electron chi connectivity index (χ3n) is 5.80. The molecular formula is C22H31NO5. The summed E-state index contributed by atoms with van der Waals surface area (Å²) in [4.78, 5) is 20.9. The van der Waals surface area contributed by atoms with Crippen molar-refractivity contribution in [1.29, 1.82) is 0 Å². The van der Waals surface area contributed by atoms with Crippen molar-refractivity contribution in [3.63, 3.8) is 0 Å². The van der Waals surface area contributed by atoms with Crippen LogP contribution in [-0.4, -0.2) is 53.3 Å². The SMILES string of the molecule is COc1cccc(C23CCCN(CC=C(C)C)C(CC2)C3)c1.O=C(O)C(=O)O. The second kappa shape index (κ2) is 9.73. The number of rotatable bonds is 4. The van der Waals surface area contributed by atoms with Crippen LogP contribution >= 0.6 is 0 Å². The van der Waals surface area contributed by atoms with Crippen molar-refractivity contribution < 1.29 is 24.5 Å². The Hall–Kier alpha value is -2.34. The second-order valence-electron chi connectivity index (χ2n) is 7.90. The lowest BCUT2D eigenvalue weighted by Gasteiger charge is -2.29. The van der Waals surface area contributed by atoms with Crippen molar-refractivity contribution in [1.82, 2.24) is 4.90 Å². The zero-order valence-electron chi connectivity index (χ0n) is 17.0. The van der Waals surface area contributed by atoms with Crippen molar-refractivity contribution in [3.8, 4) is 5.75 Å². The third kappa shape index (κ3) is 5.58. The lowest BCUT2D eigenvalue weighted by atomic mass is 9.75. The lowest BCUT2D eigenvalue weighted by molar-refractivity contribution is -0.159. The summed E-state index contributed by atoms with van der Waals surface area (Å²) in [6.07, 6.45) is 9.00. The van der Waals surface area contributed by atoms with Gasteiger partial charge in [0.2, 0.25) is 0 Å². The van der Waals surface area contributed by atoms with E-state index in [-0.39, 0.29) is 0 Å². The molecule has 2 atom stereocenters. The van der Waals surface area contributed by atoms with Crippen molar-refractivity contribution in [3.05, 3.63) is 41.5 Å². The van der Waals surface area contributed by atoms with Gasteiger partial charge in [0.1, 0.15) is 5.75 Å². The highest BCUT2D eigenvalue weighted by atomic mass is 16.5. The molecule has 1 aliphatic carbocycles. The van der Waals surface area contributed by atoms with Crippen LogP contribution in [-0.2, 0) is 15.0 Å². The van der Waals surface area contributed by atoms with Gasteiger partial charge in [0.25, 0.3) is 0 Å². The molecule has 1 aromatic rings. The maximum atomic E-state index is 9.10. The minimum absolute atomic E-state index is 0.388. The summed E-state index contributed by atoms with van der Waals surface area (Å²) < 4.78 is 5.45. The number of hydrogen-bond acceptors (Lipinski definition) is 4. The molecule has 6 heteroatoms. The Labute approximate surface area is 166 Å². The molecule has 1 saturated heterocycles. The molecule has 2 fully saturated rings. The topological polar surface area (TPSA) is 87.1 Å². The number of methoxy groups -OCH3 is 1. The molecule has 0 radical (unpaired) electrons. The maximum absolute atomic E-state index is 9.10. The largest absolute Gasteiger partial charge is 0.497 e. The molecule has 154 valence electrons. The fourth-order valence-corrected chi connectivity index (χ4v) is 4.34. The van der Waals surface area contributed by atoms with E-state index >= 15 is 0 Å². The van der Waals surface area contributed by atoms with E-state index in [4.69, 9.17) is 24.5 Å². The van der Waals surface area contributed by atoms with E-state index in [0.29, 0.717) is 5.41 Å². The molecule has 1 aliphatic heterocycles. The van der Waals surface area contributed by atoms with Gasteiger partial charge in [-0.3, -0.25) is 4.90 Å². The van der Waals surface area contributed by atoms with Crippen LogP contribution in [0, 0.1) is 0 Å². The normalized spacial score (nSPS) is 23.8. The monoisotopic (exact) mass is 389 g/mol. The zero-order chi connectivity index (χ0) is 20.7. The number of nitrogens with zero attached hydrogens (tertiary/aromatic N) is 1. The molecule has 2 aliphatic rings. The van der Waals surface area contributed by atoms with Crippen LogP contribution < -0.4 is 4.74 Å². The molecule has 0 amide bonds.